The fourth-order valence-electron chi connectivity index (χ4n) is 2.24. The van der Waals surface area contributed by atoms with E-state index in [1.165, 1.54) is 0 Å². The molecule has 0 saturated carbocycles. The Balaban J connectivity index is 1.67. The number of aromatic amines is 1. The lowest BCUT2D eigenvalue weighted by Crippen LogP contribution is -1.95. The maximum absolute atomic E-state index is 5.66. The molecule has 0 atom stereocenters. The minimum Gasteiger partial charge on any atom is -0.494 e. The van der Waals surface area contributed by atoms with Gasteiger partial charge in [-0.15, -0.1) is 0 Å². The first kappa shape index (κ1) is 14.4. The number of para-hydroxylation sites is 2. The molecule has 0 radical (unpaired) electrons. The number of fused-ring (bicyclic) bond motifs is 1. The molecule has 1 N–H and O–H groups in total. The van der Waals surface area contributed by atoms with Gasteiger partial charge in [0.25, 0.3) is 0 Å². The zero-order valence-corrected chi connectivity index (χ0v) is 12.8. The average molecular weight is 292 g/mol. The SMILES string of the molecule is CCCCOc1ccc(/C=C\c2nc3ccccc3[nH]2)cc1. The molecule has 22 heavy (non-hydrogen) atoms. The Kier molecular flexibility index (Phi) is 4.54. The number of benzene rings is 2. The molecule has 1 heterocycles. The van der Waals surface area contributed by atoms with E-state index in [9.17, 15) is 0 Å². The van der Waals surface area contributed by atoms with E-state index in [1.807, 2.05) is 48.6 Å². The molecule has 0 spiro atoms. The summed E-state index contributed by atoms with van der Waals surface area (Å²) >= 11 is 0. The Morgan fingerprint density at radius 3 is 2.64 bits per heavy atom. The first-order valence-electron chi connectivity index (χ1n) is 7.71. The number of hydrogen-bond donors (Lipinski definition) is 1. The summed E-state index contributed by atoms with van der Waals surface area (Å²) < 4.78 is 5.66. The maximum atomic E-state index is 5.66. The third-order valence-corrected chi connectivity index (χ3v) is 3.49. The molecule has 0 saturated heterocycles. The van der Waals surface area contributed by atoms with Gasteiger partial charge in [-0.3, -0.25) is 0 Å². The van der Waals surface area contributed by atoms with Crippen molar-refractivity contribution in [3.8, 4) is 5.75 Å². The van der Waals surface area contributed by atoms with Crippen molar-refractivity contribution in [2.24, 2.45) is 0 Å². The first-order valence-corrected chi connectivity index (χ1v) is 7.71. The third kappa shape index (κ3) is 3.55. The smallest absolute Gasteiger partial charge is 0.131 e. The van der Waals surface area contributed by atoms with Crippen molar-refractivity contribution < 1.29 is 4.74 Å². The van der Waals surface area contributed by atoms with Crippen molar-refractivity contribution in [1.82, 2.24) is 9.97 Å². The minimum atomic E-state index is 0.782. The molecule has 2 aromatic carbocycles. The van der Waals surface area contributed by atoms with Gasteiger partial charge in [0.1, 0.15) is 11.6 Å². The highest BCUT2D eigenvalue weighted by atomic mass is 16.5. The van der Waals surface area contributed by atoms with Gasteiger partial charge in [0.15, 0.2) is 0 Å². The number of unbranched alkanes of at least 4 members (excludes halogenated alkanes) is 1. The highest BCUT2D eigenvalue weighted by Gasteiger charge is 1.98. The van der Waals surface area contributed by atoms with Crippen molar-refractivity contribution in [1.29, 1.82) is 0 Å². The van der Waals surface area contributed by atoms with Crippen LogP contribution in [0.1, 0.15) is 31.2 Å². The summed E-state index contributed by atoms with van der Waals surface area (Å²) in [4.78, 5) is 7.82. The number of aromatic nitrogens is 2. The van der Waals surface area contributed by atoms with Crippen LogP contribution in [0.4, 0.5) is 0 Å². The molecule has 0 unspecified atom stereocenters. The molecule has 3 rings (SSSR count). The topological polar surface area (TPSA) is 37.9 Å². The van der Waals surface area contributed by atoms with Crippen LogP contribution in [-0.2, 0) is 0 Å². The second-order valence-electron chi connectivity index (χ2n) is 5.24. The Hall–Kier alpha value is -2.55. The van der Waals surface area contributed by atoms with Crippen LogP contribution < -0.4 is 4.74 Å². The molecule has 3 aromatic rings. The van der Waals surface area contributed by atoms with Crippen molar-refractivity contribution in [2.45, 2.75) is 19.8 Å². The fraction of sp³-hybridized carbons (Fsp3) is 0.211. The Bertz CT molecular complexity index is 723. The quantitative estimate of drug-likeness (QED) is 0.655. The molecule has 112 valence electrons. The first-order chi connectivity index (χ1) is 10.8. The van der Waals surface area contributed by atoms with Crippen LogP contribution >= 0.6 is 0 Å². The van der Waals surface area contributed by atoms with E-state index in [-0.39, 0.29) is 0 Å². The zero-order chi connectivity index (χ0) is 15.2. The molecule has 3 heteroatoms. The summed E-state index contributed by atoms with van der Waals surface area (Å²) in [6.07, 6.45) is 6.28. The summed E-state index contributed by atoms with van der Waals surface area (Å²) in [5.41, 5.74) is 3.17. The van der Waals surface area contributed by atoms with E-state index in [4.69, 9.17) is 4.74 Å². The number of rotatable bonds is 6. The number of nitrogens with one attached hydrogen (secondary N) is 1. The summed E-state index contributed by atoms with van der Waals surface area (Å²) in [6.45, 7) is 2.94. The number of ether oxygens (including phenoxy) is 1. The predicted octanol–water partition coefficient (Wildman–Crippen LogP) is 4.91. The number of H-pyrrole nitrogens is 1. The summed E-state index contributed by atoms with van der Waals surface area (Å²) in [7, 11) is 0. The van der Waals surface area contributed by atoms with E-state index >= 15 is 0 Å². The third-order valence-electron chi connectivity index (χ3n) is 3.49. The zero-order valence-electron chi connectivity index (χ0n) is 12.8. The van der Waals surface area contributed by atoms with Crippen molar-refractivity contribution >= 4 is 23.2 Å². The Labute approximate surface area is 130 Å². The van der Waals surface area contributed by atoms with Crippen molar-refractivity contribution in [3.05, 3.63) is 59.9 Å². The van der Waals surface area contributed by atoms with E-state index in [1.54, 1.807) is 0 Å². The van der Waals surface area contributed by atoms with Gasteiger partial charge in [0.2, 0.25) is 0 Å². The monoisotopic (exact) mass is 292 g/mol. The van der Waals surface area contributed by atoms with Gasteiger partial charge in [-0.25, -0.2) is 4.98 Å². The van der Waals surface area contributed by atoms with Gasteiger partial charge in [-0.2, -0.15) is 0 Å². The standard InChI is InChI=1S/C19H20N2O/c1-2-3-14-22-16-11-8-15(9-12-16)10-13-19-20-17-6-4-5-7-18(17)21-19/h4-13H,2-3,14H2,1H3,(H,20,21)/b13-10-. The molecular weight excluding hydrogens is 272 g/mol. The molecule has 0 bridgehead atoms. The fourth-order valence-corrected chi connectivity index (χ4v) is 2.24. The average Bonchev–Trinajstić information content (AvgIpc) is 2.97. The molecular formula is C19H20N2O. The molecule has 0 fully saturated rings. The lowest BCUT2D eigenvalue weighted by molar-refractivity contribution is 0.309. The Morgan fingerprint density at radius 2 is 1.86 bits per heavy atom. The van der Waals surface area contributed by atoms with Crippen LogP contribution in [0.25, 0.3) is 23.2 Å². The summed E-state index contributed by atoms with van der Waals surface area (Å²) in [5.74, 6) is 1.79. The Morgan fingerprint density at radius 1 is 1.05 bits per heavy atom. The highest BCUT2D eigenvalue weighted by Crippen LogP contribution is 2.16. The second-order valence-corrected chi connectivity index (χ2v) is 5.24. The van der Waals surface area contributed by atoms with E-state index in [0.29, 0.717) is 0 Å². The van der Waals surface area contributed by atoms with Gasteiger partial charge in [-0.05, 0) is 42.3 Å². The van der Waals surface area contributed by atoms with Gasteiger partial charge in [0.05, 0.1) is 17.6 Å². The van der Waals surface area contributed by atoms with Crippen LogP contribution in [0.3, 0.4) is 0 Å². The van der Waals surface area contributed by atoms with E-state index in [0.717, 1.165) is 47.6 Å². The number of nitrogens with zero attached hydrogens (tertiary/aromatic N) is 1. The molecule has 3 nitrogen and oxygen atoms in total. The van der Waals surface area contributed by atoms with Crippen LogP contribution in [0, 0.1) is 0 Å². The lowest BCUT2D eigenvalue weighted by Gasteiger charge is -2.04. The molecule has 0 amide bonds. The molecule has 0 aliphatic carbocycles. The highest BCUT2D eigenvalue weighted by molar-refractivity contribution is 5.78. The summed E-state index contributed by atoms with van der Waals surface area (Å²) in [6, 6.07) is 16.2. The molecule has 0 aliphatic heterocycles. The predicted molar refractivity (Wildman–Crippen MR) is 91.9 cm³/mol. The van der Waals surface area contributed by atoms with Gasteiger partial charge in [0, 0.05) is 0 Å². The lowest BCUT2D eigenvalue weighted by atomic mass is 10.2. The van der Waals surface area contributed by atoms with Crippen LogP contribution in [0.15, 0.2) is 48.5 Å². The van der Waals surface area contributed by atoms with Gasteiger partial charge in [-0.1, -0.05) is 43.7 Å². The van der Waals surface area contributed by atoms with Gasteiger partial charge >= 0.3 is 0 Å². The van der Waals surface area contributed by atoms with Crippen molar-refractivity contribution in [2.75, 3.05) is 6.61 Å². The van der Waals surface area contributed by atoms with Gasteiger partial charge < -0.3 is 9.72 Å². The van der Waals surface area contributed by atoms with Crippen molar-refractivity contribution in [3.63, 3.8) is 0 Å². The largest absolute Gasteiger partial charge is 0.494 e. The van der Waals surface area contributed by atoms with Crippen LogP contribution in [0.2, 0.25) is 0 Å². The summed E-state index contributed by atoms with van der Waals surface area (Å²) in [5, 5.41) is 0. The van der Waals surface area contributed by atoms with E-state index < -0.39 is 0 Å². The molecule has 0 aliphatic rings. The number of imidazole rings is 1. The maximum Gasteiger partial charge on any atom is 0.131 e. The minimum absolute atomic E-state index is 0.782. The van der Waals surface area contributed by atoms with E-state index in [2.05, 4.69) is 29.0 Å². The number of hydrogen-bond acceptors (Lipinski definition) is 2. The van der Waals surface area contributed by atoms with Crippen LogP contribution in [-0.4, -0.2) is 16.6 Å². The molecule has 1 aromatic heterocycles. The normalized spacial score (nSPS) is 11.3. The second kappa shape index (κ2) is 6.94. The van der Waals surface area contributed by atoms with Crippen LogP contribution in [0.5, 0.6) is 5.75 Å².